The lowest BCUT2D eigenvalue weighted by atomic mass is 10.2. The van der Waals surface area contributed by atoms with Crippen LogP contribution in [0, 0.1) is 21.8 Å². The molecule has 0 heterocycles. The van der Waals surface area contributed by atoms with Gasteiger partial charge in [-0.2, -0.15) is 5.26 Å². The predicted octanol–water partition coefficient (Wildman–Crippen LogP) is 2.47. The maximum atomic E-state index is 8.50. The molecule has 1 rings (SSSR count). The first kappa shape index (κ1) is 7.55. The van der Waals surface area contributed by atoms with E-state index in [1.54, 1.807) is 0 Å². The van der Waals surface area contributed by atoms with Crippen LogP contribution in [-0.2, 0) is 0 Å². The van der Waals surface area contributed by atoms with E-state index in [1.807, 2.05) is 25.1 Å². The molecule has 2 heteroatoms. The molecule has 0 saturated carbocycles. The Morgan fingerprint density at radius 3 is 2.70 bits per heavy atom. The zero-order chi connectivity index (χ0) is 7.56. The van der Waals surface area contributed by atoms with E-state index in [-0.39, 0.29) is 0 Å². The van der Waals surface area contributed by atoms with Gasteiger partial charge in [0.1, 0.15) is 0 Å². The molecule has 0 saturated heterocycles. The maximum absolute atomic E-state index is 8.50. The summed E-state index contributed by atoms with van der Waals surface area (Å²) in [6, 6.07) is 7.76. The van der Waals surface area contributed by atoms with E-state index < -0.39 is 0 Å². The van der Waals surface area contributed by atoms with E-state index in [4.69, 9.17) is 5.26 Å². The van der Waals surface area contributed by atoms with Crippen LogP contribution in [0.4, 0.5) is 0 Å². The summed E-state index contributed by atoms with van der Waals surface area (Å²) in [5.41, 5.74) is 1.90. The van der Waals surface area contributed by atoms with Crippen molar-refractivity contribution in [3.63, 3.8) is 0 Å². The van der Waals surface area contributed by atoms with Gasteiger partial charge in [0.25, 0.3) is 0 Å². The third-order valence-corrected chi connectivity index (χ3v) is 2.50. The molecule has 0 aliphatic carbocycles. The van der Waals surface area contributed by atoms with Crippen molar-refractivity contribution in [3.8, 4) is 6.07 Å². The Morgan fingerprint density at radius 1 is 1.50 bits per heavy atom. The number of hydrogen-bond acceptors (Lipinski definition) is 1. The van der Waals surface area contributed by atoms with Crippen LogP contribution in [0.5, 0.6) is 0 Å². The summed E-state index contributed by atoms with van der Waals surface area (Å²) < 4.78 is 1.21. The number of rotatable bonds is 0. The Balaban J connectivity index is 3.20. The average molecular weight is 243 g/mol. The topological polar surface area (TPSA) is 23.8 Å². The molecule has 1 nitrogen and oxygen atoms in total. The normalized spacial score (nSPS) is 8.90. The Kier molecular flexibility index (Phi) is 2.28. The van der Waals surface area contributed by atoms with Crippen LogP contribution >= 0.6 is 22.6 Å². The van der Waals surface area contributed by atoms with E-state index >= 15 is 0 Å². The van der Waals surface area contributed by atoms with Gasteiger partial charge in [-0.05, 0) is 53.3 Å². The van der Waals surface area contributed by atoms with Crippen molar-refractivity contribution < 1.29 is 0 Å². The number of hydrogen-bond donors (Lipinski definition) is 0. The summed E-state index contributed by atoms with van der Waals surface area (Å²) in [5, 5.41) is 8.50. The number of aryl methyl sites for hydroxylation is 1. The molecule has 0 aliphatic heterocycles. The molecule has 1 aromatic carbocycles. The highest BCUT2D eigenvalue weighted by Crippen LogP contribution is 2.11. The fourth-order valence-corrected chi connectivity index (χ4v) is 1.05. The average Bonchev–Trinajstić information content (AvgIpc) is 1.95. The summed E-state index contributed by atoms with van der Waals surface area (Å²) in [7, 11) is 0. The Morgan fingerprint density at radius 2 is 2.20 bits per heavy atom. The summed E-state index contributed by atoms with van der Waals surface area (Å²) in [6.45, 7) is 2.00. The number of halogens is 1. The number of benzene rings is 1. The monoisotopic (exact) mass is 243 g/mol. The van der Waals surface area contributed by atoms with Gasteiger partial charge in [-0.25, -0.2) is 0 Å². The molecule has 0 fully saturated rings. The molecule has 0 radical (unpaired) electrons. The van der Waals surface area contributed by atoms with Gasteiger partial charge in [-0.15, -0.1) is 0 Å². The second-order valence-corrected chi connectivity index (χ2v) is 3.24. The van der Waals surface area contributed by atoms with Gasteiger partial charge in [-0.1, -0.05) is 0 Å². The molecule has 0 spiro atoms. The van der Waals surface area contributed by atoms with Gasteiger partial charge >= 0.3 is 0 Å². The smallest absolute Gasteiger partial charge is 0.0991 e. The third kappa shape index (κ3) is 1.48. The minimum absolute atomic E-state index is 0.734. The van der Waals surface area contributed by atoms with Gasteiger partial charge < -0.3 is 0 Å². The van der Waals surface area contributed by atoms with Gasteiger partial charge in [0.15, 0.2) is 0 Å². The van der Waals surface area contributed by atoms with Crippen LogP contribution in [0.1, 0.15) is 11.1 Å². The van der Waals surface area contributed by atoms with Crippen LogP contribution in [0.2, 0.25) is 0 Å². The van der Waals surface area contributed by atoms with Gasteiger partial charge in [0.05, 0.1) is 11.6 Å². The lowest BCUT2D eigenvalue weighted by molar-refractivity contribution is 1.39. The Bertz CT molecular complexity index is 286. The van der Waals surface area contributed by atoms with Crippen molar-refractivity contribution in [2.24, 2.45) is 0 Å². The molecule has 0 aromatic heterocycles. The fraction of sp³-hybridized carbons (Fsp3) is 0.125. The first-order chi connectivity index (χ1) is 4.74. The standard InChI is InChI=1S/C8H6IN/c1-6-4-7(5-10)2-3-8(6)9/h2-4H,1H3. The summed E-state index contributed by atoms with van der Waals surface area (Å²) >= 11 is 2.25. The van der Waals surface area contributed by atoms with E-state index in [1.165, 1.54) is 9.13 Å². The van der Waals surface area contributed by atoms with Gasteiger partial charge in [-0.3, -0.25) is 0 Å². The van der Waals surface area contributed by atoms with Crippen molar-refractivity contribution in [1.29, 1.82) is 5.26 Å². The first-order valence-electron chi connectivity index (χ1n) is 2.90. The minimum atomic E-state index is 0.734. The fourth-order valence-electron chi connectivity index (χ4n) is 0.714. The largest absolute Gasteiger partial charge is 0.192 e. The lowest BCUT2D eigenvalue weighted by Crippen LogP contribution is -1.80. The molecule has 0 aliphatic rings. The quantitative estimate of drug-likeness (QED) is 0.642. The maximum Gasteiger partial charge on any atom is 0.0991 e. The van der Waals surface area contributed by atoms with Crippen LogP contribution in [0.25, 0.3) is 0 Å². The third-order valence-electron chi connectivity index (χ3n) is 1.29. The summed E-state index contributed by atoms with van der Waals surface area (Å²) in [5.74, 6) is 0. The second kappa shape index (κ2) is 3.02. The van der Waals surface area contributed by atoms with E-state index in [2.05, 4.69) is 28.7 Å². The van der Waals surface area contributed by atoms with E-state index in [0.717, 1.165) is 5.56 Å². The molecule has 0 amide bonds. The highest BCUT2D eigenvalue weighted by molar-refractivity contribution is 14.1. The van der Waals surface area contributed by atoms with Crippen LogP contribution in [0.3, 0.4) is 0 Å². The zero-order valence-corrected chi connectivity index (χ0v) is 7.71. The van der Waals surface area contributed by atoms with Crippen molar-refractivity contribution >= 4 is 22.6 Å². The first-order valence-corrected chi connectivity index (χ1v) is 3.98. The minimum Gasteiger partial charge on any atom is -0.192 e. The predicted molar refractivity (Wildman–Crippen MR) is 48.6 cm³/mol. The molecule has 0 bridgehead atoms. The summed E-state index contributed by atoms with van der Waals surface area (Å²) in [6.07, 6.45) is 0. The highest BCUT2D eigenvalue weighted by Gasteiger charge is 1.93. The molecular weight excluding hydrogens is 237 g/mol. The molecule has 0 atom stereocenters. The number of nitriles is 1. The van der Waals surface area contributed by atoms with Gasteiger partial charge in [0.2, 0.25) is 0 Å². The number of nitrogens with zero attached hydrogens (tertiary/aromatic N) is 1. The van der Waals surface area contributed by atoms with E-state index in [0.29, 0.717) is 0 Å². The summed E-state index contributed by atoms with van der Waals surface area (Å²) in [4.78, 5) is 0. The SMILES string of the molecule is Cc1cc(C#N)ccc1I. The van der Waals surface area contributed by atoms with Crippen LogP contribution < -0.4 is 0 Å². The molecule has 50 valence electrons. The Hall–Kier alpha value is -0.560. The Labute approximate surface area is 73.8 Å². The molecule has 1 aromatic rings. The molecule has 0 N–H and O–H groups in total. The van der Waals surface area contributed by atoms with Crippen molar-refractivity contribution in [3.05, 3.63) is 32.9 Å². The second-order valence-electron chi connectivity index (χ2n) is 2.08. The molecule has 10 heavy (non-hydrogen) atoms. The van der Waals surface area contributed by atoms with Crippen molar-refractivity contribution in [1.82, 2.24) is 0 Å². The van der Waals surface area contributed by atoms with Gasteiger partial charge in [0, 0.05) is 3.57 Å². The molecular formula is C8H6IN. The van der Waals surface area contributed by atoms with Crippen molar-refractivity contribution in [2.45, 2.75) is 6.92 Å². The van der Waals surface area contributed by atoms with E-state index in [9.17, 15) is 0 Å². The highest BCUT2D eigenvalue weighted by atomic mass is 127. The van der Waals surface area contributed by atoms with Crippen LogP contribution in [0.15, 0.2) is 18.2 Å². The van der Waals surface area contributed by atoms with Crippen LogP contribution in [-0.4, -0.2) is 0 Å². The lowest BCUT2D eigenvalue weighted by Gasteiger charge is -1.95. The van der Waals surface area contributed by atoms with Crippen molar-refractivity contribution in [2.75, 3.05) is 0 Å². The molecule has 0 unspecified atom stereocenters. The zero-order valence-electron chi connectivity index (χ0n) is 5.56.